The van der Waals surface area contributed by atoms with Crippen LogP contribution in [0, 0.1) is 11.8 Å². The van der Waals surface area contributed by atoms with Gasteiger partial charge in [0, 0.05) is 13.7 Å². The molecule has 0 aliphatic rings. The Labute approximate surface area is 76.7 Å². The summed E-state index contributed by atoms with van der Waals surface area (Å²) in [6, 6.07) is 0. The largest absolute Gasteiger partial charge is 0.385 e. The van der Waals surface area contributed by atoms with Crippen LogP contribution in [-0.4, -0.2) is 26.8 Å². The smallest absolute Gasteiger partial charge is 0.0474 e. The second-order valence-corrected chi connectivity index (χ2v) is 3.77. The van der Waals surface area contributed by atoms with Crippen molar-refractivity contribution in [1.82, 2.24) is 5.32 Å². The highest BCUT2D eigenvalue weighted by Crippen LogP contribution is 2.07. The number of methoxy groups -OCH3 is 1. The maximum absolute atomic E-state index is 4.96. The van der Waals surface area contributed by atoms with E-state index in [9.17, 15) is 0 Å². The first-order valence-electron chi connectivity index (χ1n) is 4.88. The van der Waals surface area contributed by atoms with E-state index in [0.29, 0.717) is 0 Å². The fourth-order valence-corrected chi connectivity index (χ4v) is 0.907. The van der Waals surface area contributed by atoms with Crippen LogP contribution in [0.15, 0.2) is 0 Å². The van der Waals surface area contributed by atoms with Crippen LogP contribution in [-0.2, 0) is 4.74 Å². The van der Waals surface area contributed by atoms with E-state index in [1.54, 1.807) is 7.11 Å². The summed E-state index contributed by atoms with van der Waals surface area (Å²) >= 11 is 0. The van der Waals surface area contributed by atoms with Gasteiger partial charge in [-0.3, -0.25) is 0 Å². The third-order valence-electron chi connectivity index (χ3n) is 2.31. The Morgan fingerprint density at radius 1 is 1.25 bits per heavy atom. The quantitative estimate of drug-likeness (QED) is 0.594. The van der Waals surface area contributed by atoms with Crippen molar-refractivity contribution in [2.45, 2.75) is 27.2 Å². The van der Waals surface area contributed by atoms with Gasteiger partial charge in [-0.1, -0.05) is 20.8 Å². The van der Waals surface area contributed by atoms with Gasteiger partial charge in [-0.2, -0.15) is 0 Å². The lowest BCUT2D eigenvalue weighted by Gasteiger charge is -2.15. The van der Waals surface area contributed by atoms with Crippen molar-refractivity contribution in [2.24, 2.45) is 11.8 Å². The zero-order valence-electron chi connectivity index (χ0n) is 8.89. The van der Waals surface area contributed by atoms with Gasteiger partial charge >= 0.3 is 0 Å². The van der Waals surface area contributed by atoms with Gasteiger partial charge in [0.1, 0.15) is 0 Å². The summed E-state index contributed by atoms with van der Waals surface area (Å²) in [5.74, 6) is 1.55. The molecular formula is C10H23NO. The highest BCUT2D eigenvalue weighted by atomic mass is 16.5. The summed E-state index contributed by atoms with van der Waals surface area (Å²) in [5, 5.41) is 3.42. The van der Waals surface area contributed by atoms with Crippen LogP contribution >= 0.6 is 0 Å². The first kappa shape index (κ1) is 11.9. The Balaban J connectivity index is 3.08. The van der Waals surface area contributed by atoms with Crippen LogP contribution < -0.4 is 5.32 Å². The van der Waals surface area contributed by atoms with Crippen molar-refractivity contribution in [2.75, 3.05) is 26.8 Å². The van der Waals surface area contributed by atoms with Crippen molar-refractivity contribution in [1.29, 1.82) is 0 Å². The highest BCUT2D eigenvalue weighted by molar-refractivity contribution is 4.60. The summed E-state index contributed by atoms with van der Waals surface area (Å²) in [5.41, 5.74) is 0. The van der Waals surface area contributed by atoms with Gasteiger partial charge in [-0.15, -0.1) is 0 Å². The normalized spacial score (nSPS) is 13.8. The average molecular weight is 173 g/mol. The Morgan fingerprint density at radius 3 is 2.42 bits per heavy atom. The molecule has 12 heavy (non-hydrogen) atoms. The Kier molecular flexibility index (Phi) is 7.51. The van der Waals surface area contributed by atoms with E-state index in [1.807, 2.05) is 0 Å². The van der Waals surface area contributed by atoms with E-state index in [1.165, 1.54) is 0 Å². The van der Waals surface area contributed by atoms with E-state index in [2.05, 4.69) is 26.1 Å². The molecule has 0 rings (SSSR count). The number of ether oxygens (including phenoxy) is 1. The number of nitrogens with one attached hydrogen (secondary N) is 1. The third kappa shape index (κ3) is 6.62. The van der Waals surface area contributed by atoms with E-state index in [-0.39, 0.29) is 0 Å². The summed E-state index contributed by atoms with van der Waals surface area (Å²) in [4.78, 5) is 0. The van der Waals surface area contributed by atoms with Crippen molar-refractivity contribution in [3.05, 3.63) is 0 Å². The van der Waals surface area contributed by atoms with E-state index in [4.69, 9.17) is 4.74 Å². The van der Waals surface area contributed by atoms with Gasteiger partial charge in [-0.05, 0) is 31.3 Å². The van der Waals surface area contributed by atoms with Gasteiger partial charge in [0.05, 0.1) is 0 Å². The molecule has 0 aromatic rings. The molecule has 1 N–H and O–H groups in total. The van der Waals surface area contributed by atoms with Crippen LogP contribution in [0.1, 0.15) is 27.2 Å². The topological polar surface area (TPSA) is 21.3 Å². The van der Waals surface area contributed by atoms with Crippen LogP contribution in [0.25, 0.3) is 0 Å². The molecule has 0 bridgehead atoms. The predicted octanol–water partition coefficient (Wildman–Crippen LogP) is 1.90. The summed E-state index contributed by atoms with van der Waals surface area (Å²) in [6.45, 7) is 9.88. The monoisotopic (exact) mass is 173 g/mol. The Bertz CT molecular complexity index is 93.8. The van der Waals surface area contributed by atoms with Crippen molar-refractivity contribution >= 4 is 0 Å². The molecule has 0 aromatic heterocycles. The number of hydrogen-bond acceptors (Lipinski definition) is 2. The maximum Gasteiger partial charge on any atom is 0.0474 e. The minimum Gasteiger partial charge on any atom is -0.385 e. The molecule has 0 heterocycles. The van der Waals surface area contributed by atoms with Crippen molar-refractivity contribution in [3.63, 3.8) is 0 Å². The van der Waals surface area contributed by atoms with Gasteiger partial charge < -0.3 is 10.1 Å². The van der Waals surface area contributed by atoms with Gasteiger partial charge in [0.15, 0.2) is 0 Å². The third-order valence-corrected chi connectivity index (χ3v) is 2.31. The lowest BCUT2D eigenvalue weighted by molar-refractivity contribution is 0.193. The SMILES string of the molecule is COCCCNCC(C)C(C)C. The van der Waals surface area contributed by atoms with Gasteiger partial charge in [-0.25, -0.2) is 0 Å². The maximum atomic E-state index is 4.96. The first-order valence-corrected chi connectivity index (χ1v) is 4.88. The minimum absolute atomic E-state index is 0.771. The molecule has 0 amide bonds. The van der Waals surface area contributed by atoms with Gasteiger partial charge in [0.25, 0.3) is 0 Å². The van der Waals surface area contributed by atoms with Gasteiger partial charge in [0.2, 0.25) is 0 Å². The minimum atomic E-state index is 0.771. The zero-order valence-corrected chi connectivity index (χ0v) is 8.89. The molecule has 0 aliphatic heterocycles. The molecule has 0 aliphatic carbocycles. The molecule has 1 unspecified atom stereocenters. The second-order valence-electron chi connectivity index (χ2n) is 3.77. The molecule has 74 valence electrons. The molecule has 0 spiro atoms. The standard InChI is InChI=1S/C10H23NO/c1-9(2)10(3)8-11-6-5-7-12-4/h9-11H,5-8H2,1-4H3. The van der Waals surface area contributed by atoms with Crippen molar-refractivity contribution < 1.29 is 4.74 Å². The fraction of sp³-hybridized carbons (Fsp3) is 1.00. The molecular weight excluding hydrogens is 150 g/mol. The van der Waals surface area contributed by atoms with E-state index < -0.39 is 0 Å². The molecule has 1 atom stereocenters. The molecule has 0 radical (unpaired) electrons. The predicted molar refractivity (Wildman–Crippen MR) is 53.4 cm³/mol. The molecule has 0 fully saturated rings. The highest BCUT2D eigenvalue weighted by Gasteiger charge is 2.04. The van der Waals surface area contributed by atoms with Crippen molar-refractivity contribution in [3.8, 4) is 0 Å². The summed E-state index contributed by atoms with van der Waals surface area (Å²) in [6.07, 6.45) is 1.11. The molecule has 0 saturated carbocycles. The summed E-state index contributed by atoms with van der Waals surface area (Å²) < 4.78 is 4.96. The molecule has 0 aromatic carbocycles. The van der Waals surface area contributed by atoms with E-state index in [0.717, 1.165) is 38.0 Å². The number of rotatable bonds is 7. The average Bonchev–Trinajstić information content (AvgIpc) is 2.03. The molecule has 2 nitrogen and oxygen atoms in total. The van der Waals surface area contributed by atoms with Crippen LogP contribution in [0.4, 0.5) is 0 Å². The molecule has 2 heteroatoms. The van der Waals surface area contributed by atoms with Crippen LogP contribution in [0.3, 0.4) is 0 Å². The lowest BCUT2D eigenvalue weighted by atomic mass is 9.98. The van der Waals surface area contributed by atoms with E-state index >= 15 is 0 Å². The Hall–Kier alpha value is -0.0800. The van der Waals surface area contributed by atoms with Crippen LogP contribution in [0.2, 0.25) is 0 Å². The molecule has 0 saturated heterocycles. The lowest BCUT2D eigenvalue weighted by Crippen LogP contribution is -2.25. The first-order chi connectivity index (χ1) is 5.68. The fourth-order valence-electron chi connectivity index (χ4n) is 0.907. The zero-order chi connectivity index (χ0) is 9.40. The number of hydrogen-bond donors (Lipinski definition) is 1. The Morgan fingerprint density at radius 2 is 1.92 bits per heavy atom. The summed E-state index contributed by atoms with van der Waals surface area (Å²) in [7, 11) is 1.75. The second kappa shape index (κ2) is 7.56. The van der Waals surface area contributed by atoms with Crippen LogP contribution in [0.5, 0.6) is 0 Å².